The van der Waals surface area contributed by atoms with Crippen LogP contribution in [0.15, 0.2) is 63.2 Å². The van der Waals surface area contributed by atoms with E-state index in [0.717, 1.165) is 28.7 Å². The van der Waals surface area contributed by atoms with Crippen molar-refractivity contribution in [1.29, 1.82) is 0 Å². The van der Waals surface area contributed by atoms with Gasteiger partial charge in [0, 0.05) is 20.6 Å². The molecule has 1 saturated heterocycles. The first-order valence-electron chi connectivity index (χ1n) is 9.50. The van der Waals surface area contributed by atoms with E-state index in [2.05, 4.69) is 4.99 Å². The molecule has 0 aliphatic carbocycles. The van der Waals surface area contributed by atoms with Gasteiger partial charge in [0.25, 0.3) is 5.91 Å². The number of amides is 1. The van der Waals surface area contributed by atoms with Crippen molar-refractivity contribution >= 4 is 45.6 Å². The monoisotopic (exact) mass is 406 g/mol. The number of fused-ring (bicyclic) bond motifs is 1. The van der Waals surface area contributed by atoms with E-state index in [0.29, 0.717) is 16.6 Å². The number of hydrogen-bond acceptors (Lipinski definition) is 4. The molecular formula is C22H22N4O2S. The summed E-state index contributed by atoms with van der Waals surface area (Å²) in [5.41, 5.74) is 3.34. The Hall–Kier alpha value is -3.06. The second-order valence-electron chi connectivity index (χ2n) is 6.95. The fourth-order valence-electron chi connectivity index (χ4n) is 3.39. The summed E-state index contributed by atoms with van der Waals surface area (Å²) in [5.74, 6) is -0.0337. The van der Waals surface area contributed by atoms with Gasteiger partial charge in [0.15, 0.2) is 5.17 Å². The summed E-state index contributed by atoms with van der Waals surface area (Å²) < 4.78 is 3.24. The Bertz CT molecular complexity index is 1200. The number of imidazole rings is 1. The zero-order valence-electron chi connectivity index (χ0n) is 16.6. The first kappa shape index (κ1) is 19.3. The number of carbonyl (C=O) groups excluding carboxylic acids is 1. The smallest absolute Gasteiger partial charge is 0.295 e. The first-order chi connectivity index (χ1) is 14.0. The highest BCUT2D eigenvalue weighted by Crippen LogP contribution is 2.34. The molecule has 0 atom stereocenters. The molecule has 6 nitrogen and oxygen atoms in total. The summed E-state index contributed by atoms with van der Waals surface area (Å²) in [6, 6.07) is 15.4. The summed E-state index contributed by atoms with van der Waals surface area (Å²) >= 11 is 1.39. The molecule has 0 N–H and O–H groups in total. The van der Waals surface area contributed by atoms with Gasteiger partial charge in [0.1, 0.15) is 0 Å². The molecule has 29 heavy (non-hydrogen) atoms. The Balaban J connectivity index is 1.73. The van der Waals surface area contributed by atoms with Crippen LogP contribution in [-0.4, -0.2) is 31.7 Å². The van der Waals surface area contributed by atoms with Crippen LogP contribution in [0.3, 0.4) is 0 Å². The molecule has 1 aliphatic heterocycles. The molecule has 1 aliphatic rings. The zero-order valence-corrected chi connectivity index (χ0v) is 17.4. The van der Waals surface area contributed by atoms with Gasteiger partial charge in [-0.25, -0.2) is 9.79 Å². The highest BCUT2D eigenvalue weighted by molar-refractivity contribution is 8.18. The van der Waals surface area contributed by atoms with Crippen molar-refractivity contribution in [2.75, 3.05) is 6.54 Å². The van der Waals surface area contributed by atoms with Crippen molar-refractivity contribution in [3.8, 4) is 0 Å². The number of amidine groups is 1. The van der Waals surface area contributed by atoms with Crippen LogP contribution in [0.1, 0.15) is 18.9 Å². The number of rotatable bonds is 4. The van der Waals surface area contributed by atoms with E-state index in [1.165, 1.54) is 11.8 Å². The summed E-state index contributed by atoms with van der Waals surface area (Å²) in [6.45, 7) is 2.67. The Labute approximate surface area is 173 Å². The molecule has 0 bridgehead atoms. The molecule has 3 aromatic rings. The van der Waals surface area contributed by atoms with Crippen LogP contribution < -0.4 is 5.69 Å². The number of para-hydroxylation sites is 1. The van der Waals surface area contributed by atoms with E-state index in [-0.39, 0.29) is 11.6 Å². The highest BCUT2D eigenvalue weighted by atomic mass is 32.2. The molecule has 7 heteroatoms. The molecule has 148 valence electrons. The predicted molar refractivity (Wildman–Crippen MR) is 119 cm³/mol. The lowest BCUT2D eigenvalue weighted by atomic mass is 10.2. The van der Waals surface area contributed by atoms with Crippen LogP contribution in [0, 0.1) is 0 Å². The number of aromatic nitrogens is 2. The van der Waals surface area contributed by atoms with Crippen molar-refractivity contribution in [3.63, 3.8) is 0 Å². The molecule has 0 spiro atoms. The van der Waals surface area contributed by atoms with Crippen LogP contribution in [0.4, 0.5) is 5.69 Å². The van der Waals surface area contributed by atoms with Crippen LogP contribution in [0.5, 0.6) is 0 Å². The average molecular weight is 407 g/mol. The average Bonchev–Trinajstić information content (AvgIpc) is 3.12. The number of benzene rings is 2. The van der Waals surface area contributed by atoms with E-state index in [9.17, 15) is 9.59 Å². The molecular weight excluding hydrogens is 384 g/mol. The lowest BCUT2D eigenvalue weighted by Crippen LogP contribution is -2.29. The van der Waals surface area contributed by atoms with Crippen molar-refractivity contribution in [2.24, 2.45) is 19.1 Å². The SMILES string of the molecule is CCCN1C(=O)/C(=C\c2ccc3c(c2)n(C)c(=O)n3C)SC1=Nc1ccccc1. The Morgan fingerprint density at radius 1 is 1.00 bits per heavy atom. The van der Waals surface area contributed by atoms with E-state index in [1.54, 1.807) is 28.1 Å². The minimum absolute atomic E-state index is 0.0337. The largest absolute Gasteiger partial charge is 0.328 e. The van der Waals surface area contributed by atoms with Gasteiger partial charge in [0.05, 0.1) is 21.6 Å². The quantitative estimate of drug-likeness (QED) is 0.618. The predicted octanol–water partition coefficient (Wildman–Crippen LogP) is 3.89. The lowest BCUT2D eigenvalue weighted by molar-refractivity contribution is -0.122. The minimum atomic E-state index is -0.0671. The van der Waals surface area contributed by atoms with E-state index in [4.69, 9.17) is 0 Å². The summed E-state index contributed by atoms with van der Waals surface area (Å²) in [4.78, 5) is 32.2. The molecule has 1 aromatic heterocycles. The molecule has 1 amide bonds. The van der Waals surface area contributed by atoms with Crippen molar-refractivity contribution in [3.05, 3.63) is 69.5 Å². The Morgan fingerprint density at radius 3 is 2.45 bits per heavy atom. The van der Waals surface area contributed by atoms with Crippen LogP contribution in [0.25, 0.3) is 17.1 Å². The van der Waals surface area contributed by atoms with Gasteiger partial charge in [-0.15, -0.1) is 0 Å². The fraction of sp³-hybridized carbons (Fsp3) is 0.227. The summed E-state index contributed by atoms with van der Waals surface area (Å²) in [7, 11) is 3.51. The van der Waals surface area contributed by atoms with Crippen LogP contribution >= 0.6 is 11.8 Å². The van der Waals surface area contributed by atoms with Crippen molar-refractivity contribution in [1.82, 2.24) is 14.0 Å². The Kier molecular flexibility index (Phi) is 5.15. The normalized spacial score (nSPS) is 17.2. The molecule has 2 aromatic carbocycles. The third kappa shape index (κ3) is 3.53. The fourth-order valence-corrected chi connectivity index (χ4v) is 4.41. The number of aliphatic imine (C=N–C) groups is 1. The van der Waals surface area contributed by atoms with Gasteiger partial charge in [0.2, 0.25) is 0 Å². The molecule has 2 heterocycles. The van der Waals surface area contributed by atoms with Gasteiger partial charge in [-0.2, -0.15) is 0 Å². The number of aryl methyl sites for hydroxylation is 2. The maximum absolute atomic E-state index is 13.0. The molecule has 0 unspecified atom stereocenters. The van der Waals surface area contributed by atoms with Gasteiger partial charge in [-0.05, 0) is 54.1 Å². The number of carbonyl (C=O) groups is 1. The van der Waals surface area contributed by atoms with E-state index in [1.807, 2.05) is 61.5 Å². The standard InChI is InChI=1S/C22H22N4O2S/c1-4-12-26-20(27)19(29-21(26)23-16-8-6-5-7-9-16)14-15-10-11-17-18(13-15)25(3)22(28)24(17)2/h5-11,13-14H,4,12H2,1-3H3/b19-14+,23-21?. The lowest BCUT2D eigenvalue weighted by Gasteiger charge is -2.13. The zero-order chi connectivity index (χ0) is 20.5. The topological polar surface area (TPSA) is 59.6 Å². The first-order valence-corrected chi connectivity index (χ1v) is 10.3. The van der Waals surface area contributed by atoms with E-state index < -0.39 is 0 Å². The van der Waals surface area contributed by atoms with Crippen LogP contribution in [-0.2, 0) is 18.9 Å². The maximum atomic E-state index is 13.0. The summed E-state index contributed by atoms with van der Waals surface area (Å²) in [6.07, 6.45) is 2.73. The molecule has 0 saturated carbocycles. The molecule has 1 fully saturated rings. The van der Waals surface area contributed by atoms with Gasteiger partial charge >= 0.3 is 5.69 Å². The van der Waals surface area contributed by atoms with Crippen molar-refractivity contribution < 1.29 is 4.79 Å². The van der Waals surface area contributed by atoms with Gasteiger partial charge in [-0.3, -0.25) is 18.8 Å². The second kappa shape index (κ2) is 7.75. The molecule has 0 radical (unpaired) electrons. The Morgan fingerprint density at radius 2 is 1.72 bits per heavy atom. The number of thioether (sulfide) groups is 1. The highest BCUT2D eigenvalue weighted by Gasteiger charge is 2.32. The third-order valence-corrected chi connectivity index (χ3v) is 5.92. The van der Waals surface area contributed by atoms with Gasteiger partial charge < -0.3 is 0 Å². The number of nitrogens with zero attached hydrogens (tertiary/aromatic N) is 4. The van der Waals surface area contributed by atoms with E-state index >= 15 is 0 Å². The van der Waals surface area contributed by atoms with Gasteiger partial charge in [-0.1, -0.05) is 31.2 Å². The van der Waals surface area contributed by atoms with Crippen molar-refractivity contribution in [2.45, 2.75) is 13.3 Å². The maximum Gasteiger partial charge on any atom is 0.328 e. The minimum Gasteiger partial charge on any atom is -0.295 e. The number of hydrogen-bond donors (Lipinski definition) is 0. The molecule has 4 rings (SSSR count). The van der Waals surface area contributed by atoms with Crippen LogP contribution in [0.2, 0.25) is 0 Å². The third-order valence-electron chi connectivity index (χ3n) is 4.91. The summed E-state index contributed by atoms with van der Waals surface area (Å²) in [5, 5.41) is 0.697. The second-order valence-corrected chi connectivity index (χ2v) is 7.96.